The number of hydrogen-bond donors (Lipinski definition) is 0. The molecule has 0 saturated heterocycles. The van der Waals surface area contributed by atoms with Gasteiger partial charge in [-0.3, -0.25) is 4.79 Å². The van der Waals surface area contributed by atoms with Gasteiger partial charge >= 0.3 is 0 Å². The van der Waals surface area contributed by atoms with Crippen molar-refractivity contribution in [1.82, 2.24) is 0 Å². The van der Waals surface area contributed by atoms with Crippen molar-refractivity contribution in [1.29, 1.82) is 0 Å². The van der Waals surface area contributed by atoms with Gasteiger partial charge in [0.2, 0.25) is 0 Å². The third-order valence-corrected chi connectivity index (χ3v) is 3.21. The van der Waals surface area contributed by atoms with Gasteiger partial charge in [-0.15, -0.1) is 0 Å². The van der Waals surface area contributed by atoms with E-state index < -0.39 is 0 Å². The van der Waals surface area contributed by atoms with Gasteiger partial charge in [-0.1, -0.05) is 25.5 Å². The molecule has 11 heavy (non-hydrogen) atoms. The van der Waals surface area contributed by atoms with E-state index in [0.717, 1.165) is 6.42 Å². The second-order valence-corrected chi connectivity index (χ2v) is 4.45. The number of hydrogen-bond acceptors (Lipinski definition) is 1. The highest BCUT2D eigenvalue weighted by Crippen LogP contribution is 2.51. The van der Waals surface area contributed by atoms with E-state index in [-0.39, 0.29) is 5.41 Å². The van der Waals surface area contributed by atoms with Crippen LogP contribution in [0.4, 0.5) is 0 Å². The summed E-state index contributed by atoms with van der Waals surface area (Å²) in [6.07, 6.45) is 3.38. The lowest BCUT2D eigenvalue weighted by Crippen LogP contribution is -2.49. The molecule has 0 amide bonds. The highest BCUT2D eigenvalue weighted by Gasteiger charge is 2.51. The normalized spacial score (nSPS) is 39.5. The molecule has 0 aromatic rings. The number of ketones is 1. The lowest BCUT2D eigenvalue weighted by molar-refractivity contribution is -0.139. The first-order valence-electron chi connectivity index (χ1n) is 4.25. The maximum absolute atomic E-state index is 11.4. The molecule has 2 atom stereocenters. The van der Waals surface area contributed by atoms with Crippen LogP contribution in [-0.4, -0.2) is 5.78 Å². The van der Waals surface area contributed by atoms with E-state index >= 15 is 0 Å². The van der Waals surface area contributed by atoms with Crippen molar-refractivity contribution in [2.45, 2.75) is 27.2 Å². The summed E-state index contributed by atoms with van der Waals surface area (Å²) >= 11 is 0. The molecule has 2 bridgehead atoms. The molecule has 1 heteroatoms. The van der Waals surface area contributed by atoms with Gasteiger partial charge in [0.25, 0.3) is 0 Å². The highest BCUT2D eigenvalue weighted by atomic mass is 16.1. The molecule has 0 aromatic carbocycles. The standard InChI is InChI=1S/C10H14O/c1-6-5-10(2,3)8-4-7(6)9(8)11/h5,7-8H,4H2,1-3H3/t7-,8-/m1/s1. The van der Waals surface area contributed by atoms with Crippen LogP contribution in [0.1, 0.15) is 27.2 Å². The number of allylic oxidation sites excluding steroid dienone is 2. The predicted molar refractivity (Wildman–Crippen MR) is 44.1 cm³/mol. The van der Waals surface area contributed by atoms with Crippen LogP contribution in [0, 0.1) is 17.3 Å². The summed E-state index contributed by atoms with van der Waals surface area (Å²) in [4.78, 5) is 11.4. The van der Waals surface area contributed by atoms with Crippen molar-refractivity contribution in [2.75, 3.05) is 0 Å². The zero-order valence-electron chi connectivity index (χ0n) is 7.35. The van der Waals surface area contributed by atoms with Gasteiger partial charge in [-0.05, 0) is 18.8 Å². The van der Waals surface area contributed by atoms with Crippen LogP contribution >= 0.6 is 0 Å². The van der Waals surface area contributed by atoms with Crippen molar-refractivity contribution in [2.24, 2.45) is 17.3 Å². The van der Waals surface area contributed by atoms with Gasteiger partial charge in [0, 0.05) is 11.8 Å². The number of carbonyl (C=O) groups excluding carboxylic acids is 1. The minimum Gasteiger partial charge on any atom is -0.299 e. The van der Waals surface area contributed by atoms with Crippen LogP contribution in [0.15, 0.2) is 11.6 Å². The van der Waals surface area contributed by atoms with Crippen molar-refractivity contribution >= 4 is 5.78 Å². The summed E-state index contributed by atoms with van der Waals surface area (Å²) in [5.74, 6) is 1.11. The Hall–Kier alpha value is -0.590. The number of carbonyl (C=O) groups is 1. The van der Waals surface area contributed by atoms with Gasteiger partial charge in [-0.25, -0.2) is 0 Å². The van der Waals surface area contributed by atoms with Crippen molar-refractivity contribution in [3.63, 3.8) is 0 Å². The molecule has 0 aliphatic heterocycles. The maximum Gasteiger partial charge on any atom is 0.143 e. The van der Waals surface area contributed by atoms with Crippen molar-refractivity contribution < 1.29 is 4.79 Å². The Kier molecular flexibility index (Phi) is 1.14. The third kappa shape index (κ3) is 0.741. The Morgan fingerprint density at radius 2 is 2.18 bits per heavy atom. The smallest absolute Gasteiger partial charge is 0.143 e. The lowest BCUT2D eigenvalue weighted by atomic mass is 9.54. The second-order valence-electron chi connectivity index (χ2n) is 4.45. The van der Waals surface area contributed by atoms with E-state index in [1.807, 2.05) is 0 Å². The molecule has 0 spiro atoms. The molecule has 3 rings (SSSR count). The van der Waals surface area contributed by atoms with Gasteiger partial charge in [-0.2, -0.15) is 0 Å². The van der Waals surface area contributed by atoms with Gasteiger partial charge < -0.3 is 0 Å². The zero-order chi connectivity index (χ0) is 8.22. The fourth-order valence-electron chi connectivity index (χ4n) is 2.42. The molecule has 3 aliphatic rings. The Labute approximate surface area is 67.5 Å². The quantitative estimate of drug-likeness (QED) is 0.484. The Balaban J connectivity index is 2.43. The van der Waals surface area contributed by atoms with E-state index in [2.05, 4.69) is 26.8 Å². The zero-order valence-corrected chi connectivity index (χ0v) is 7.35. The van der Waals surface area contributed by atoms with Gasteiger partial charge in [0.1, 0.15) is 5.78 Å². The Bertz CT molecular complexity index is 248. The molecule has 0 N–H and O–H groups in total. The van der Waals surface area contributed by atoms with Crippen LogP contribution in [-0.2, 0) is 4.79 Å². The molecular formula is C10H14O. The fraction of sp³-hybridized carbons (Fsp3) is 0.700. The monoisotopic (exact) mass is 150 g/mol. The molecule has 0 unspecified atom stereocenters. The molecule has 1 saturated carbocycles. The fourth-order valence-corrected chi connectivity index (χ4v) is 2.42. The highest BCUT2D eigenvalue weighted by molar-refractivity contribution is 5.93. The summed E-state index contributed by atoms with van der Waals surface area (Å²) in [7, 11) is 0. The minimum absolute atomic E-state index is 0.135. The average molecular weight is 150 g/mol. The Morgan fingerprint density at radius 3 is 2.55 bits per heavy atom. The first-order chi connectivity index (χ1) is 5.02. The predicted octanol–water partition coefficient (Wildman–Crippen LogP) is 2.18. The minimum atomic E-state index is 0.135. The molecule has 1 fully saturated rings. The van der Waals surface area contributed by atoms with Crippen LogP contribution in [0.25, 0.3) is 0 Å². The van der Waals surface area contributed by atoms with Crippen LogP contribution in [0.3, 0.4) is 0 Å². The van der Waals surface area contributed by atoms with E-state index in [9.17, 15) is 4.79 Å². The van der Waals surface area contributed by atoms with E-state index in [1.165, 1.54) is 5.57 Å². The summed E-state index contributed by atoms with van der Waals surface area (Å²) in [6.45, 7) is 6.41. The summed E-state index contributed by atoms with van der Waals surface area (Å²) < 4.78 is 0. The topological polar surface area (TPSA) is 17.1 Å². The first kappa shape index (κ1) is 7.08. The van der Waals surface area contributed by atoms with Crippen LogP contribution < -0.4 is 0 Å². The lowest BCUT2D eigenvalue weighted by Gasteiger charge is -2.48. The third-order valence-electron chi connectivity index (χ3n) is 3.21. The number of Topliss-reactive ketones (excluding diaryl/α,β-unsaturated/α-hetero) is 1. The summed E-state index contributed by atoms with van der Waals surface area (Å²) in [6, 6.07) is 0. The maximum atomic E-state index is 11.4. The molecule has 0 aromatic heterocycles. The van der Waals surface area contributed by atoms with E-state index in [0.29, 0.717) is 17.6 Å². The van der Waals surface area contributed by atoms with Crippen molar-refractivity contribution in [3.05, 3.63) is 11.6 Å². The molecule has 3 aliphatic carbocycles. The van der Waals surface area contributed by atoms with Gasteiger partial charge in [0.15, 0.2) is 0 Å². The molecular weight excluding hydrogens is 136 g/mol. The molecule has 1 nitrogen and oxygen atoms in total. The first-order valence-corrected chi connectivity index (χ1v) is 4.25. The van der Waals surface area contributed by atoms with E-state index in [1.54, 1.807) is 0 Å². The van der Waals surface area contributed by atoms with Crippen molar-refractivity contribution in [3.8, 4) is 0 Å². The summed E-state index contributed by atoms with van der Waals surface area (Å²) in [5.41, 5.74) is 1.43. The number of fused-ring (bicyclic) bond motifs is 1. The molecule has 0 radical (unpaired) electrons. The molecule has 0 heterocycles. The van der Waals surface area contributed by atoms with Crippen LogP contribution in [0.2, 0.25) is 0 Å². The largest absolute Gasteiger partial charge is 0.299 e. The SMILES string of the molecule is CC1=CC(C)(C)[C@@H]2C[C@H]1C2=O. The molecule has 60 valence electrons. The second kappa shape index (κ2) is 1.77. The van der Waals surface area contributed by atoms with Crippen LogP contribution in [0.5, 0.6) is 0 Å². The van der Waals surface area contributed by atoms with Gasteiger partial charge in [0.05, 0.1) is 0 Å². The summed E-state index contributed by atoms with van der Waals surface area (Å²) in [5, 5.41) is 0. The number of rotatable bonds is 0. The van der Waals surface area contributed by atoms with E-state index in [4.69, 9.17) is 0 Å². The average Bonchev–Trinajstić information content (AvgIpc) is 1.80. The Morgan fingerprint density at radius 1 is 1.55 bits per heavy atom.